The Hall–Kier alpha value is -1.06. The standard InChI is InChI=1S/C20H32N2O.ClH/c1-15(2)14-17-8-10-18(11-9-17)20(4,19(21)23)16(3)22-12-6-5-7-13-22;/h8-11,15-16H,5-7,12-14H2,1-4H3,(H2,21,23);1H/t16?,20-;/m0./s1. The maximum Gasteiger partial charge on any atom is 0.229 e. The minimum absolute atomic E-state index is 0. The lowest BCUT2D eigenvalue weighted by Gasteiger charge is -2.42. The van der Waals surface area contributed by atoms with E-state index in [1.165, 1.54) is 24.8 Å². The van der Waals surface area contributed by atoms with E-state index in [-0.39, 0.29) is 24.4 Å². The Morgan fingerprint density at radius 2 is 1.67 bits per heavy atom. The van der Waals surface area contributed by atoms with E-state index in [4.69, 9.17) is 5.73 Å². The Labute approximate surface area is 153 Å². The first-order valence-corrected chi connectivity index (χ1v) is 8.99. The zero-order chi connectivity index (χ0) is 17.0. The molecule has 0 radical (unpaired) electrons. The van der Waals surface area contributed by atoms with Crippen molar-refractivity contribution in [1.29, 1.82) is 0 Å². The average molecular weight is 353 g/mol. The molecule has 3 nitrogen and oxygen atoms in total. The van der Waals surface area contributed by atoms with Gasteiger partial charge in [0.15, 0.2) is 0 Å². The molecule has 1 aromatic rings. The number of carbonyl (C=O) groups excluding carboxylic acids is 1. The fourth-order valence-electron chi connectivity index (χ4n) is 3.72. The van der Waals surface area contributed by atoms with E-state index in [1.54, 1.807) is 0 Å². The van der Waals surface area contributed by atoms with Crippen molar-refractivity contribution in [1.82, 2.24) is 4.90 Å². The van der Waals surface area contributed by atoms with Gasteiger partial charge in [-0.2, -0.15) is 0 Å². The molecule has 0 aromatic heterocycles. The number of nitrogens with zero attached hydrogens (tertiary/aromatic N) is 1. The van der Waals surface area contributed by atoms with Gasteiger partial charge in [-0.1, -0.05) is 44.5 Å². The fraction of sp³-hybridized carbons (Fsp3) is 0.650. The van der Waals surface area contributed by atoms with Gasteiger partial charge >= 0.3 is 0 Å². The second kappa shape index (κ2) is 8.87. The van der Waals surface area contributed by atoms with Crippen molar-refractivity contribution in [3.05, 3.63) is 35.4 Å². The van der Waals surface area contributed by atoms with Crippen LogP contribution in [0.25, 0.3) is 0 Å². The maximum atomic E-state index is 12.4. The topological polar surface area (TPSA) is 46.3 Å². The predicted octanol–water partition coefficient (Wildman–Crippen LogP) is 3.92. The summed E-state index contributed by atoms with van der Waals surface area (Å²) in [5, 5.41) is 0. The van der Waals surface area contributed by atoms with Crippen LogP contribution in [0.4, 0.5) is 0 Å². The van der Waals surface area contributed by atoms with Crippen LogP contribution < -0.4 is 5.73 Å². The van der Waals surface area contributed by atoms with Gasteiger partial charge in [-0.05, 0) is 63.2 Å². The summed E-state index contributed by atoms with van der Waals surface area (Å²) in [7, 11) is 0. The predicted molar refractivity (Wildman–Crippen MR) is 104 cm³/mol. The molecule has 0 saturated carbocycles. The molecule has 1 aromatic carbocycles. The molecular formula is C20H33ClN2O. The van der Waals surface area contributed by atoms with Crippen molar-refractivity contribution >= 4 is 18.3 Å². The summed E-state index contributed by atoms with van der Waals surface area (Å²) >= 11 is 0. The quantitative estimate of drug-likeness (QED) is 0.843. The lowest BCUT2D eigenvalue weighted by Crippen LogP contribution is -2.55. The number of amides is 1. The molecule has 136 valence electrons. The van der Waals surface area contributed by atoms with Gasteiger partial charge in [-0.3, -0.25) is 9.69 Å². The molecule has 1 heterocycles. The number of hydrogen-bond acceptors (Lipinski definition) is 2. The SMILES string of the molecule is CC(C)Cc1ccc([C@@](C)(C(N)=O)C(C)N2CCCCC2)cc1.Cl. The van der Waals surface area contributed by atoms with Crippen LogP contribution in [0.5, 0.6) is 0 Å². The minimum atomic E-state index is -0.645. The van der Waals surface area contributed by atoms with E-state index in [9.17, 15) is 4.79 Å². The number of primary amides is 1. The molecule has 24 heavy (non-hydrogen) atoms. The van der Waals surface area contributed by atoms with Gasteiger partial charge in [0.2, 0.25) is 5.91 Å². The largest absolute Gasteiger partial charge is 0.369 e. The third-order valence-corrected chi connectivity index (χ3v) is 5.48. The third kappa shape index (κ3) is 4.52. The van der Waals surface area contributed by atoms with Gasteiger partial charge in [0, 0.05) is 6.04 Å². The van der Waals surface area contributed by atoms with Gasteiger partial charge in [-0.15, -0.1) is 12.4 Å². The Bertz CT molecular complexity index is 523. The van der Waals surface area contributed by atoms with Crippen LogP contribution in [-0.4, -0.2) is 29.9 Å². The smallest absolute Gasteiger partial charge is 0.229 e. The number of hydrogen-bond donors (Lipinski definition) is 1. The van der Waals surface area contributed by atoms with Gasteiger partial charge in [0.1, 0.15) is 0 Å². The Morgan fingerprint density at radius 1 is 1.12 bits per heavy atom. The summed E-state index contributed by atoms with van der Waals surface area (Å²) in [6, 6.07) is 8.63. The number of halogens is 1. The molecule has 1 saturated heterocycles. The average Bonchev–Trinajstić information content (AvgIpc) is 2.54. The Balaban J connectivity index is 0.00000288. The number of nitrogens with two attached hydrogens (primary N) is 1. The fourth-order valence-corrected chi connectivity index (χ4v) is 3.72. The van der Waals surface area contributed by atoms with E-state index in [0.29, 0.717) is 5.92 Å². The maximum absolute atomic E-state index is 12.4. The first kappa shape index (κ1) is 21.0. The van der Waals surface area contributed by atoms with E-state index in [1.807, 2.05) is 6.92 Å². The zero-order valence-electron chi connectivity index (χ0n) is 15.5. The number of piperidine rings is 1. The molecule has 2 atom stereocenters. The molecule has 2 rings (SSSR count). The summed E-state index contributed by atoms with van der Waals surface area (Å²) in [6.07, 6.45) is 4.79. The van der Waals surface area contributed by atoms with Crippen LogP contribution >= 0.6 is 12.4 Å². The van der Waals surface area contributed by atoms with E-state index in [2.05, 4.69) is 49.9 Å². The normalized spacial score (nSPS) is 19.4. The molecule has 0 spiro atoms. The first-order chi connectivity index (χ1) is 10.9. The van der Waals surface area contributed by atoms with Crippen LogP contribution in [0.15, 0.2) is 24.3 Å². The van der Waals surface area contributed by atoms with Gasteiger partial charge in [0.05, 0.1) is 5.41 Å². The highest BCUT2D eigenvalue weighted by molar-refractivity contribution is 5.87. The van der Waals surface area contributed by atoms with E-state index in [0.717, 1.165) is 25.1 Å². The Kier molecular flexibility index (Phi) is 7.75. The van der Waals surface area contributed by atoms with Crippen molar-refractivity contribution < 1.29 is 4.79 Å². The number of likely N-dealkylation sites (tertiary alicyclic amines) is 1. The van der Waals surface area contributed by atoms with Crippen LogP contribution in [-0.2, 0) is 16.6 Å². The second-order valence-corrected chi connectivity index (χ2v) is 7.63. The number of carbonyl (C=O) groups is 1. The molecule has 4 heteroatoms. The molecular weight excluding hydrogens is 320 g/mol. The Morgan fingerprint density at radius 3 is 2.12 bits per heavy atom. The summed E-state index contributed by atoms with van der Waals surface area (Å²) in [5.41, 5.74) is 7.58. The highest BCUT2D eigenvalue weighted by atomic mass is 35.5. The van der Waals surface area contributed by atoms with Crippen molar-refractivity contribution in [2.24, 2.45) is 11.7 Å². The van der Waals surface area contributed by atoms with E-state index < -0.39 is 5.41 Å². The third-order valence-electron chi connectivity index (χ3n) is 5.48. The van der Waals surface area contributed by atoms with Gasteiger partial charge < -0.3 is 5.73 Å². The first-order valence-electron chi connectivity index (χ1n) is 8.99. The van der Waals surface area contributed by atoms with Gasteiger partial charge in [0.25, 0.3) is 0 Å². The minimum Gasteiger partial charge on any atom is -0.369 e. The number of benzene rings is 1. The monoisotopic (exact) mass is 352 g/mol. The van der Waals surface area contributed by atoms with Crippen LogP contribution in [0.2, 0.25) is 0 Å². The molecule has 1 aliphatic heterocycles. The van der Waals surface area contributed by atoms with E-state index >= 15 is 0 Å². The molecule has 1 unspecified atom stereocenters. The lowest BCUT2D eigenvalue weighted by molar-refractivity contribution is -0.125. The molecule has 0 bridgehead atoms. The highest BCUT2D eigenvalue weighted by Gasteiger charge is 2.42. The van der Waals surface area contributed by atoms with Crippen molar-refractivity contribution in [2.75, 3.05) is 13.1 Å². The van der Waals surface area contributed by atoms with Crippen molar-refractivity contribution in [3.63, 3.8) is 0 Å². The lowest BCUT2D eigenvalue weighted by atomic mass is 9.74. The summed E-state index contributed by atoms with van der Waals surface area (Å²) < 4.78 is 0. The highest BCUT2D eigenvalue weighted by Crippen LogP contribution is 2.32. The van der Waals surface area contributed by atoms with Crippen molar-refractivity contribution in [3.8, 4) is 0 Å². The van der Waals surface area contributed by atoms with Crippen molar-refractivity contribution in [2.45, 2.75) is 64.8 Å². The second-order valence-electron chi connectivity index (χ2n) is 7.63. The van der Waals surface area contributed by atoms with Crippen LogP contribution in [0, 0.1) is 5.92 Å². The summed E-state index contributed by atoms with van der Waals surface area (Å²) in [4.78, 5) is 14.8. The van der Waals surface area contributed by atoms with Crippen LogP contribution in [0.1, 0.15) is 58.1 Å². The molecule has 1 aliphatic rings. The van der Waals surface area contributed by atoms with Crippen LogP contribution in [0.3, 0.4) is 0 Å². The summed E-state index contributed by atoms with van der Waals surface area (Å²) in [5.74, 6) is 0.405. The molecule has 1 amide bonds. The zero-order valence-corrected chi connectivity index (χ0v) is 16.4. The summed E-state index contributed by atoms with van der Waals surface area (Å²) in [6.45, 7) is 10.7. The molecule has 2 N–H and O–H groups in total. The molecule has 0 aliphatic carbocycles. The van der Waals surface area contributed by atoms with Gasteiger partial charge in [-0.25, -0.2) is 0 Å². The number of rotatable bonds is 6. The molecule has 1 fully saturated rings.